The normalized spacial score (nSPS) is 14.8. The van der Waals surface area contributed by atoms with Crippen molar-refractivity contribution in [3.63, 3.8) is 0 Å². The molecule has 1 fully saturated rings. The highest BCUT2D eigenvalue weighted by Crippen LogP contribution is 2.26. The van der Waals surface area contributed by atoms with E-state index in [9.17, 15) is 13.2 Å². The molecule has 0 saturated carbocycles. The molecule has 2 aromatic rings. The summed E-state index contributed by atoms with van der Waals surface area (Å²) < 4.78 is 32.4. The van der Waals surface area contributed by atoms with Gasteiger partial charge in [-0.2, -0.15) is 4.31 Å². The molecule has 0 aliphatic carbocycles. The smallest absolute Gasteiger partial charge is 0.262 e. The van der Waals surface area contributed by atoms with Crippen LogP contribution in [0.5, 0.6) is 5.75 Å². The predicted octanol–water partition coefficient (Wildman–Crippen LogP) is 3.41. The Morgan fingerprint density at radius 3 is 2.43 bits per heavy atom. The van der Waals surface area contributed by atoms with Crippen LogP contribution in [0, 0.1) is 20.8 Å². The Morgan fingerprint density at radius 2 is 1.75 bits per heavy atom. The number of carbonyl (C=O) groups is 1. The molecule has 150 valence electrons. The molecule has 1 heterocycles. The summed E-state index contributed by atoms with van der Waals surface area (Å²) in [6.07, 6.45) is 1.80. The van der Waals surface area contributed by atoms with E-state index in [1.54, 1.807) is 25.1 Å². The lowest BCUT2D eigenvalue weighted by Gasteiger charge is -2.17. The average Bonchev–Trinajstić information content (AvgIpc) is 3.19. The molecule has 0 aromatic heterocycles. The van der Waals surface area contributed by atoms with Gasteiger partial charge in [0.05, 0.1) is 4.90 Å². The first-order valence-electron chi connectivity index (χ1n) is 9.38. The summed E-state index contributed by atoms with van der Waals surface area (Å²) >= 11 is 0. The summed E-state index contributed by atoms with van der Waals surface area (Å²) in [5, 5.41) is 2.85. The number of ether oxygens (including phenoxy) is 1. The van der Waals surface area contributed by atoms with Crippen LogP contribution >= 0.6 is 0 Å². The minimum absolute atomic E-state index is 0.146. The van der Waals surface area contributed by atoms with Crippen LogP contribution in [0.2, 0.25) is 0 Å². The first-order chi connectivity index (χ1) is 13.3. The second kappa shape index (κ2) is 8.32. The van der Waals surface area contributed by atoms with Gasteiger partial charge in [0.1, 0.15) is 5.75 Å². The van der Waals surface area contributed by atoms with Gasteiger partial charge in [-0.3, -0.25) is 4.79 Å². The highest BCUT2D eigenvalue weighted by atomic mass is 32.2. The van der Waals surface area contributed by atoms with Crippen LogP contribution in [0.15, 0.2) is 41.3 Å². The molecule has 0 spiro atoms. The van der Waals surface area contributed by atoms with Crippen LogP contribution in [0.1, 0.15) is 29.5 Å². The van der Waals surface area contributed by atoms with Gasteiger partial charge in [-0.25, -0.2) is 8.42 Å². The van der Waals surface area contributed by atoms with Crippen molar-refractivity contribution in [3.8, 4) is 5.75 Å². The average molecular weight is 403 g/mol. The second-order valence-corrected chi connectivity index (χ2v) is 9.13. The molecule has 1 aliphatic rings. The summed E-state index contributed by atoms with van der Waals surface area (Å²) in [6, 6.07) is 10.6. The molecular formula is C21H26N2O4S. The van der Waals surface area contributed by atoms with Crippen molar-refractivity contribution in [2.45, 2.75) is 38.5 Å². The van der Waals surface area contributed by atoms with Crippen molar-refractivity contribution in [1.82, 2.24) is 4.31 Å². The lowest BCUT2D eigenvalue weighted by Crippen LogP contribution is -2.27. The number of aryl methyl sites for hydroxylation is 3. The molecule has 3 rings (SSSR count). The maximum atomic E-state index is 12.6. The van der Waals surface area contributed by atoms with E-state index >= 15 is 0 Å². The van der Waals surface area contributed by atoms with E-state index in [4.69, 9.17) is 4.74 Å². The third-order valence-electron chi connectivity index (χ3n) is 4.88. The minimum Gasteiger partial charge on any atom is -0.483 e. The Hall–Kier alpha value is -2.38. The third kappa shape index (κ3) is 4.54. The number of amides is 1. The fourth-order valence-electron chi connectivity index (χ4n) is 3.22. The molecule has 0 radical (unpaired) electrons. The van der Waals surface area contributed by atoms with Crippen molar-refractivity contribution >= 4 is 21.6 Å². The van der Waals surface area contributed by atoms with E-state index in [0.29, 0.717) is 24.4 Å². The molecule has 6 nitrogen and oxygen atoms in total. The first-order valence-corrected chi connectivity index (χ1v) is 10.8. The minimum atomic E-state index is -3.46. The quantitative estimate of drug-likeness (QED) is 0.803. The summed E-state index contributed by atoms with van der Waals surface area (Å²) in [6.45, 7) is 6.66. The Kier molecular flexibility index (Phi) is 6.05. The van der Waals surface area contributed by atoms with Crippen LogP contribution in [0.25, 0.3) is 0 Å². The van der Waals surface area contributed by atoms with Gasteiger partial charge in [-0.1, -0.05) is 12.1 Å². The van der Waals surface area contributed by atoms with Gasteiger partial charge in [0, 0.05) is 18.8 Å². The van der Waals surface area contributed by atoms with Crippen LogP contribution < -0.4 is 10.1 Å². The van der Waals surface area contributed by atoms with Gasteiger partial charge < -0.3 is 10.1 Å². The monoisotopic (exact) mass is 402 g/mol. The van der Waals surface area contributed by atoms with E-state index < -0.39 is 10.0 Å². The second-order valence-electron chi connectivity index (χ2n) is 7.19. The van der Waals surface area contributed by atoms with Crippen molar-refractivity contribution in [2.75, 3.05) is 25.0 Å². The Labute approximate surface area is 166 Å². The van der Waals surface area contributed by atoms with Crippen LogP contribution in [-0.2, 0) is 14.8 Å². The first kappa shape index (κ1) is 20.4. The lowest BCUT2D eigenvalue weighted by molar-refractivity contribution is -0.118. The molecule has 0 unspecified atom stereocenters. The van der Waals surface area contributed by atoms with Gasteiger partial charge in [-0.05, 0) is 74.6 Å². The van der Waals surface area contributed by atoms with E-state index in [1.807, 2.05) is 32.0 Å². The summed E-state index contributed by atoms with van der Waals surface area (Å²) in [7, 11) is -3.46. The SMILES string of the molecule is Cc1ccc(C)c(NC(=O)COc2ccc(S(=O)(=O)N3CCCC3)cc2C)c1. The Balaban J connectivity index is 1.65. The summed E-state index contributed by atoms with van der Waals surface area (Å²) in [5.41, 5.74) is 3.48. The zero-order valence-corrected chi connectivity index (χ0v) is 17.3. The molecule has 0 bridgehead atoms. The van der Waals surface area contributed by atoms with Crippen molar-refractivity contribution in [1.29, 1.82) is 0 Å². The lowest BCUT2D eigenvalue weighted by atomic mass is 10.1. The molecule has 0 atom stereocenters. The van der Waals surface area contributed by atoms with E-state index in [-0.39, 0.29) is 17.4 Å². The number of rotatable bonds is 6. The van der Waals surface area contributed by atoms with Crippen LogP contribution in [-0.4, -0.2) is 38.3 Å². The Bertz CT molecular complexity index is 980. The molecule has 1 amide bonds. The van der Waals surface area contributed by atoms with Crippen molar-refractivity contribution in [3.05, 3.63) is 53.1 Å². The molecular weight excluding hydrogens is 376 g/mol. The van der Waals surface area contributed by atoms with Gasteiger partial charge in [0.2, 0.25) is 10.0 Å². The number of carbonyl (C=O) groups excluding carboxylic acids is 1. The maximum absolute atomic E-state index is 12.6. The fraction of sp³-hybridized carbons (Fsp3) is 0.381. The van der Waals surface area contributed by atoms with Crippen LogP contribution in [0.4, 0.5) is 5.69 Å². The number of benzene rings is 2. The van der Waals surface area contributed by atoms with Crippen LogP contribution in [0.3, 0.4) is 0 Å². The number of hydrogen-bond acceptors (Lipinski definition) is 4. The number of nitrogens with one attached hydrogen (secondary N) is 1. The topological polar surface area (TPSA) is 75.7 Å². The summed E-state index contributed by atoms with van der Waals surface area (Å²) in [4.78, 5) is 12.5. The van der Waals surface area contributed by atoms with Gasteiger partial charge in [-0.15, -0.1) is 0 Å². The Morgan fingerprint density at radius 1 is 1.04 bits per heavy atom. The molecule has 1 aliphatic heterocycles. The largest absolute Gasteiger partial charge is 0.483 e. The van der Waals surface area contributed by atoms with Gasteiger partial charge in [0.15, 0.2) is 6.61 Å². The predicted molar refractivity (Wildman–Crippen MR) is 109 cm³/mol. The van der Waals surface area contributed by atoms with Gasteiger partial charge in [0.25, 0.3) is 5.91 Å². The van der Waals surface area contributed by atoms with Gasteiger partial charge >= 0.3 is 0 Å². The third-order valence-corrected chi connectivity index (χ3v) is 6.77. The molecule has 1 saturated heterocycles. The molecule has 2 aromatic carbocycles. The summed E-state index contributed by atoms with van der Waals surface area (Å²) in [5.74, 6) is 0.235. The van der Waals surface area contributed by atoms with E-state index in [0.717, 1.165) is 29.7 Å². The maximum Gasteiger partial charge on any atom is 0.262 e. The molecule has 1 N–H and O–H groups in total. The van der Waals surface area contributed by atoms with Crippen molar-refractivity contribution in [2.24, 2.45) is 0 Å². The molecule has 28 heavy (non-hydrogen) atoms. The zero-order valence-electron chi connectivity index (χ0n) is 16.5. The number of nitrogens with zero attached hydrogens (tertiary/aromatic N) is 1. The van der Waals surface area contributed by atoms with E-state index in [2.05, 4.69) is 5.32 Å². The number of hydrogen-bond donors (Lipinski definition) is 1. The standard InChI is InChI=1S/C21H26N2O4S/c1-15-6-7-16(2)19(12-15)22-21(24)14-27-20-9-8-18(13-17(20)3)28(25,26)23-10-4-5-11-23/h6-9,12-13H,4-5,10-11,14H2,1-3H3,(H,22,24). The fourth-order valence-corrected chi connectivity index (χ4v) is 4.82. The number of anilines is 1. The van der Waals surface area contributed by atoms with Crippen molar-refractivity contribution < 1.29 is 17.9 Å². The highest BCUT2D eigenvalue weighted by Gasteiger charge is 2.27. The zero-order chi connectivity index (χ0) is 20.3. The van der Waals surface area contributed by atoms with E-state index in [1.165, 1.54) is 4.31 Å². The highest BCUT2D eigenvalue weighted by molar-refractivity contribution is 7.89. The number of sulfonamides is 1. The molecule has 7 heteroatoms.